The minimum Gasteiger partial charge on any atom is -0.376 e. The Balaban J connectivity index is 1.69. The molecule has 1 amide bonds. The van der Waals surface area contributed by atoms with Crippen molar-refractivity contribution in [3.63, 3.8) is 0 Å². The summed E-state index contributed by atoms with van der Waals surface area (Å²) in [6.45, 7) is 1.55. The standard InChI is InChI=1S/C23H26F3NO4S/c1-2-32(30,31)20-13-7-16(8-14-20)15-21(28)27-19-11-9-18(10-12-19)22(29,23(24,25)26)17-5-3-4-6-17/h7-14,17,29H,2-6,15H2,1H3,(H,27,28). The quantitative estimate of drug-likeness (QED) is 0.621. The third-order valence-electron chi connectivity index (χ3n) is 6.01. The zero-order valence-corrected chi connectivity index (χ0v) is 18.5. The van der Waals surface area contributed by atoms with Gasteiger partial charge in [0.2, 0.25) is 5.91 Å². The highest BCUT2D eigenvalue weighted by Crippen LogP contribution is 2.50. The molecule has 0 saturated heterocycles. The number of alkyl halides is 3. The molecule has 2 N–H and O–H groups in total. The molecule has 0 bridgehead atoms. The Bertz CT molecular complexity index is 1040. The molecule has 2 aromatic rings. The van der Waals surface area contributed by atoms with Gasteiger partial charge in [-0.3, -0.25) is 4.79 Å². The van der Waals surface area contributed by atoms with E-state index in [1.165, 1.54) is 36.4 Å². The molecule has 2 aromatic carbocycles. The highest BCUT2D eigenvalue weighted by molar-refractivity contribution is 7.91. The maximum atomic E-state index is 13.8. The van der Waals surface area contributed by atoms with Crippen LogP contribution in [0.3, 0.4) is 0 Å². The van der Waals surface area contributed by atoms with Gasteiger partial charge in [0, 0.05) is 11.6 Å². The van der Waals surface area contributed by atoms with Crippen molar-refractivity contribution in [3.8, 4) is 0 Å². The van der Waals surface area contributed by atoms with Crippen LogP contribution in [0.25, 0.3) is 0 Å². The Morgan fingerprint density at radius 1 is 1.03 bits per heavy atom. The van der Waals surface area contributed by atoms with Gasteiger partial charge in [-0.25, -0.2) is 8.42 Å². The van der Waals surface area contributed by atoms with Crippen LogP contribution in [0, 0.1) is 5.92 Å². The van der Waals surface area contributed by atoms with E-state index in [2.05, 4.69) is 5.32 Å². The van der Waals surface area contributed by atoms with Crippen LogP contribution in [0.5, 0.6) is 0 Å². The molecular weight excluding hydrogens is 443 g/mol. The van der Waals surface area contributed by atoms with Crippen molar-refractivity contribution in [2.45, 2.75) is 55.7 Å². The Hall–Kier alpha value is -2.39. The van der Waals surface area contributed by atoms with Crippen LogP contribution in [-0.2, 0) is 26.7 Å². The van der Waals surface area contributed by atoms with E-state index in [-0.39, 0.29) is 22.6 Å². The van der Waals surface area contributed by atoms with E-state index in [9.17, 15) is 31.5 Å². The van der Waals surface area contributed by atoms with Crippen molar-refractivity contribution in [2.75, 3.05) is 11.1 Å². The molecule has 1 atom stereocenters. The number of aliphatic hydroxyl groups is 1. The molecule has 9 heteroatoms. The van der Waals surface area contributed by atoms with E-state index in [0.717, 1.165) is 0 Å². The van der Waals surface area contributed by atoms with E-state index in [4.69, 9.17) is 0 Å². The molecule has 1 saturated carbocycles. The minimum atomic E-state index is -4.80. The van der Waals surface area contributed by atoms with Gasteiger partial charge < -0.3 is 10.4 Å². The van der Waals surface area contributed by atoms with Gasteiger partial charge in [-0.1, -0.05) is 44.0 Å². The van der Waals surface area contributed by atoms with Gasteiger partial charge in [-0.15, -0.1) is 0 Å². The van der Waals surface area contributed by atoms with Crippen LogP contribution in [0.15, 0.2) is 53.4 Å². The molecular formula is C23H26F3NO4S. The van der Waals surface area contributed by atoms with Gasteiger partial charge in [0.25, 0.3) is 0 Å². The lowest BCUT2D eigenvalue weighted by atomic mass is 9.79. The third kappa shape index (κ3) is 4.99. The first-order valence-electron chi connectivity index (χ1n) is 10.5. The average molecular weight is 470 g/mol. The first-order chi connectivity index (χ1) is 15.0. The van der Waals surface area contributed by atoms with E-state index in [0.29, 0.717) is 36.9 Å². The molecule has 1 fully saturated rings. The normalized spacial score (nSPS) is 17.2. The van der Waals surface area contributed by atoms with Gasteiger partial charge in [-0.05, 0) is 48.2 Å². The molecule has 1 aliphatic rings. The topological polar surface area (TPSA) is 83.5 Å². The predicted octanol–water partition coefficient (Wildman–Crippen LogP) is 4.60. The fraction of sp³-hybridized carbons (Fsp3) is 0.435. The Morgan fingerprint density at radius 3 is 2.09 bits per heavy atom. The largest absolute Gasteiger partial charge is 0.421 e. The van der Waals surface area contributed by atoms with E-state index in [1.807, 2.05) is 0 Å². The van der Waals surface area contributed by atoms with Gasteiger partial charge >= 0.3 is 6.18 Å². The Labute approximate surface area is 185 Å². The van der Waals surface area contributed by atoms with Crippen molar-refractivity contribution in [3.05, 3.63) is 59.7 Å². The van der Waals surface area contributed by atoms with Crippen LogP contribution in [0.1, 0.15) is 43.7 Å². The molecule has 0 radical (unpaired) electrons. The van der Waals surface area contributed by atoms with Gasteiger partial charge in [0.15, 0.2) is 15.4 Å². The van der Waals surface area contributed by atoms with Crippen molar-refractivity contribution in [2.24, 2.45) is 5.92 Å². The monoisotopic (exact) mass is 469 g/mol. The van der Waals surface area contributed by atoms with Gasteiger partial charge in [-0.2, -0.15) is 13.2 Å². The highest BCUT2D eigenvalue weighted by atomic mass is 32.2. The first kappa shape index (κ1) is 24.3. The van der Waals surface area contributed by atoms with E-state index < -0.39 is 33.4 Å². The lowest BCUT2D eigenvalue weighted by Crippen LogP contribution is -2.47. The molecule has 0 spiro atoms. The van der Waals surface area contributed by atoms with Gasteiger partial charge in [0.1, 0.15) is 0 Å². The first-order valence-corrected chi connectivity index (χ1v) is 12.1. The van der Waals surface area contributed by atoms with Crippen LogP contribution in [0.4, 0.5) is 18.9 Å². The van der Waals surface area contributed by atoms with E-state index >= 15 is 0 Å². The summed E-state index contributed by atoms with van der Waals surface area (Å²) in [5.74, 6) is -1.30. The zero-order valence-electron chi connectivity index (χ0n) is 17.7. The minimum absolute atomic E-state index is 0.0208. The van der Waals surface area contributed by atoms with Gasteiger partial charge in [0.05, 0.1) is 17.1 Å². The molecule has 174 valence electrons. The van der Waals surface area contributed by atoms with Crippen molar-refractivity contribution in [1.29, 1.82) is 0 Å². The number of hydrogen-bond donors (Lipinski definition) is 2. The number of benzene rings is 2. The number of carbonyl (C=O) groups is 1. The Morgan fingerprint density at radius 2 is 1.59 bits per heavy atom. The number of rotatable bonds is 7. The highest BCUT2D eigenvalue weighted by Gasteiger charge is 2.59. The number of nitrogens with one attached hydrogen (secondary N) is 1. The number of halogens is 3. The van der Waals surface area contributed by atoms with Crippen molar-refractivity contribution in [1.82, 2.24) is 0 Å². The fourth-order valence-electron chi connectivity index (χ4n) is 4.15. The Kier molecular flexibility index (Phi) is 7.00. The third-order valence-corrected chi connectivity index (χ3v) is 7.76. The second kappa shape index (κ2) is 9.23. The summed E-state index contributed by atoms with van der Waals surface area (Å²) in [6, 6.07) is 11.1. The zero-order chi connectivity index (χ0) is 23.6. The molecule has 1 unspecified atom stereocenters. The number of anilines is 1. The maximum absolute atomic E-state index is 13.8. The number of carbonyl (C=O) groups excluding carboxylic acids is 1. The lowest BCUT2D eigenvalue weighted by Gasteiger charge is -2.36. The fourth-order valence-corrected chi connectivity index (χ4v) is 5.04. The second-order valence-electron chi connectivity index (χ2n) is 8.10. The summed E-state index contributed by atoms with van der Waals surface area (Å²) in [6.07, 6.45) is -2.89. The van der Waals surface area contributed by atoms with Crippen LogP contribution < -0.4 is 5.32 Å². The summed E-state index contributed by atoms with van der Waals surface area (Å²) in [5.41, 5.74) is -2.24. The maximum Gasteiger partial charge on any atom is 0.421 e. The molecule has 0 aromatic heterocycles. The van der Waals surface area contributed by atoms with Crippen molar-refractivity contribution >= 4 is 21.4 Å². The van der Waals surface area contributed by atoms with Crippen molar-refractivity contribution < 1.29 is 31.5 Å². The molecule has 1 aliphatic carbocycles. The second-order valence-corrected chi connectivity index (χ2v) is 10.4. The molecule has 5 nitrogen and oxygen atoms in total. The number of amides is 1. The van der Waals surface area contributed by atoms with Crippen LogP contribution in [0.2, 0.25) is 0 Å². The molecule has 0 heterocycles. The number of sulfone groups is 1. The smallest absolute Gasteiger partial charge is 0.376 e. The number of hydrogen-bond acceptors (Lipinski definition) is 4. The average Bonchev–Trinajstić information content (AvgIpc) is 3.28. The summed E-state index contributed by atoms with van der Waals surface area (Å²) >= 11 is 0. The summed E-state index contributed by atoms with van der Waals surface area (Å²) in [7, 11) is -3.33. The van der Waals surface area contributed by atoms with E-state index in [1.54, 1.807) is 19.1 Å². The van der Waals surface area contributed by atoms with Crippen LogP contribution in [-0.4, -0.2) is 31.4 Å². The molecule has 0 aliphatic heterocycles. The summed E-state index contributed by atoms with van der Waals surface area (Å²) < 4.78 is 65.0. The summed E-state index contributed by atoms with van der Waals surface area (Å²) in [5, 5.41) is 13.2. The SMILES string of the molecule is CCS(=O)(=O)c1ccc(CC(=O)Nc2ccc(C(O)(C3CCCC3)C(F)(F)F)cc2)cc1. The molecule has 3 rings (SSSR count). The molecule has 32 heavy (non-hydrogen) atoms. The predicted molar refractivity (Wildman–Crippen MR) is 115 cm³/mol. The van der Waals surface area contributed by atoms with Crippen LogP contribution >= 0.6 is 0 Å². The summed E-state index contributed by atoms with van der Waals surface area (Å²) in [4.78, 5) is 12.5. The lowest BCUT2D eigenvalue weighted by molar-refractivity contribution is -0.286.